The fraction of sp³-hybridized carbons (Fsp3) is 0. The van der Waals surface area contributed by atoms with Gasteiger partial charge in [0.05, 0.1) is 27.6 Å². The second-order valence-corrected chi connectivity index (χ2v) is 5.71. The van der Waals surface area contributed by atoms with Gasteiger partial charge >= 0.3 is 0 Å². The predicted molar refractivity (Wildman–Crippen MR) is 85.1 cm³/mol. The summed E-state index contributed by atoms with van der Waals surface area (Å²) in [5.74, 6) is 0. The lowest BCUT2D eigenvalue weighted by Crippen LogP contribution is -1.89. The molecule has 0 saturated heterocycles. The lowest BCUT2D eigenvalue weighted by Gasteiger charge is -2.01. The van der Waals surface area contributed by atoms with Gasteiger partial charge < -0.3 is 5.32 Å². The van der Waals surface area contributed by atoms with Gasteiger partial charge in [0.2, 0.25) is 0 Å². The van der Waals surface area contributed by atoms with Crippen LogP contribution in [0.4, 0.5) is 10.8 Å². The van der Waals surface area contributed by atoms with Crippen molar-refractivity contribution in [1.82, 2.24) is 9.97 Å². The minimum Gasteiger partial charge on any atom is -0.330 e. The highest BCUT2D eigenvalue weighted by Gasteiger charge is 2.07. The molecule has 3 nitrogen and oxygen atoms in total. The minimum atomic E-state index is 0.527. The maximum absolute atomic E-state index is 6.02. The van der Waals surface area contributed by atoms with E-state index in [0.29, 0.717) is 10.0 Å². The molecule has 20 heavy (non-hydrogen) atoms. The molecule has 0 radical (unpaired) electrons. The summed E-state index contributed by atoms with van der Waals surface area (Å²) in [5.41, 5.74) is 2.71. The average Bonchev–Trinajstić information content (AvgIpc) is 2.91. The Balaban J connectivity index is 1.84. The molecular formula is C14H9Cl2N3S. The van der Waals surface area contributed by atoms with Gasteiger partial charge in [0.15, 0.2) is 5.13 Å². The molecule has 3 aromatic rings. The van der Waals surface area contributed by atoms with Crippen LogP contribution in [0.25, 0.3) is 11.3 Å². The number of nitrogens with zero attached hydrogens (tertiary/aromatic N) is 2. The Bertz CT molecular complexity index is 728. The number of hydrogen-bond donors (Lipinski definition) is 1. The molecule has 0 spiro atoms. The molecule has 0 saturated carbocycles. The van der Waals surface area contributed by atoms with E-state index < -0.39 is 0 Å². The standard InChI is InChI=1S/C14H9Cl2N3S/c15-11-4-3-9(6-12(11)16)13-8-20-14(19-13)18-10-2-1-5-17-7-10/h1-8H,(H,18,19). The first-order valence-electron chi connectivity index (χ1n) is 5.80. The van der Waals surface area contributed by atoms with Gasteiger partial charge in [-0.3, -0.25) is 4.98 Å². The van der Waals surface area contributed by atoms with E-state index in [2.05, 4.69) is 15.3 Å². The molecule has 0 bridgehead atoms. The number of anilines is 2. The summed E-state index contributed by atoms with van der Waals surface area (Å²) in [6.07, 6.45) is 3.48. The number of aromatic nitrogens is 2. The predicted octanol–water partition coefficient (Wildman–Crippen LogP) is 5.26. The summed E-state index contributed by atoms with van der Waals surface area (Å²) in [5, 5.41) is 7.05. The van der Waals surface area contributed by atoms with Gasteiger partial charge in [0, 0.05) is 17.1 Å². The molecule has 6 heteroatoms. The summed E-state index contributed by atoms with van der Waals surface area (Å²) in [6, 6.07) is 9.29. The maximum atomic E-state index is 6.02. The van der Waals surface area contributed by atoms with Crippen molar-refractivity contribution in [3.8, 4) is 11.3 Å². The topological polar surface area (TPSA) is 37.8 Å². The van der Waals surface area contributed by atoms with Crippen LogP contribution in [0.1, 0.15) is 0 Å². The lowest BCUT2D eigenvalue weighted by atomic mass is 10.2. The van der Waals surface area contributed by atoms with Crippen molar-refractivity contribution in [2.45, 2.75) is 0 Å². The van der Waals surface area contributed by atoms with Crippen LogP contribution in [-0.2, 0) is 0 Å². The number of pyridine rings is 1. The largest absolute Gasteiger partial charge is 0.330 e. The van der Waals surface area contributed by atoms with Crippen molar-refractivity contribution in [2.24, 2.45) is 0 Å². The highest BCUT2D eigenvalue weighted by atomic mass is 35.5. The molecule has 0 aliphatic rings. The third-order valence-electron chi connectivity index (χ3n) is 2.63. The van der Waals surface area contributed by atoms with Crippen LogP contribution < -0.4 is 5.32 Å². The van der Waals surface area contributed by atoms with Gasteiger partial charge in [-0.2, -0.15) is 0 Å². The van der Waals surface area contributed by atoms with Gasteiger partial charge in [0.1, 0.15) is 0 Å². The highest BCUT2D eigenvalue weighted by molar-refractivity contribution is 7.14. The highest BCUT2D eigenvalue weighted by Crippen LogP contribution is 2.31. The lowest BCUT2D eigenvalue weighted by molar-refractivity contribution is 1.31. The van der Waals surface area contributed by atoms with E-state index in [-0.39, 0.29) is 0 Å². The van der Waals surface area contributed by atoms with Crippen LogP contribution in [0.3, 0.4) is 0 Å². The maximum Gasteiger partial charge on any atom is 0.187 e. The molecule has 0 atom stereocenters. The molecule has 0 unspecified atom stereocenters. The van der Waals surface area contributed by atoms with E-state index in [9.17, 15) is 0 Å². The Labute approximate surface area is 130 Å². The molecule has 1 N–H and O–H groups in total. The zero-order valence-electron chi connectivity index (χ0n) is 10.2. The summed E-state index contributed by atoms with van der Waals surface area (Å²) < 4.78 is 0. The van der Waals surface area contributed by atoms with Crippen molar-refractivity contribution in [2.75, 3.05) is 5.32 Å². The summed E-state index contributed by atoms with van der Waals surface area (Å²) in [4.78, 5) is 8.57. The molecule has 0 aliphatic heterocycles. The van der Waals surface area contributed by atoms with Crippen LogP contribution >= 0.6 is 34.5 Å². The van der Waals surface area contributed by atoms with Gasteiger partial charge in [-0.1, -0.05) is 29.3 Å². The van der Waals surface area contributed by atoms with Crippen LogP contribution in [-0.4, -0.2) is 9.97 Å². The van der Waals surface area contributed by atoms with E-state index in [1.54, 1.807) is 18.5 Å². The quantitative estimate of drug-likeness (QED) is 0.715. The number of rotatable bonds is 3. The molecule has 2 heterocycles. The molecule has 0 aliphatic carbocycles. The molecule has 100 valence electrons. The first-order valence-corrected chi connectivity index (χ1v) is 7.44. The SMILES string of the molecule is Clc1ccc(-c2csc(Nc3cccnc3)n2)cc1Cl. The van der Waals surface area contributed by atoms with Gasteiger partial charge in [-0.05, 0) is 24.3 Å². The summed E-state index contributed by atoms with van der Waals surface area (Å²) in [6.45, 7) is 0. The van der Waals surface area contributed by atoms with E-state index in [1.807, 2.05) is 29.6 Å². The van der Waals surface area contributed by atoms with Crippen LogP contribution in [0.2, 0.25) is 10.0 Å². The summed E-state index contributed by atoms with van der Waals surface area (Å²) >= 11 is 13.5. The van der Waals surface area contributed by atoms with Crippen molar-refractivity contribution in [1.29, 1.82) is 0 Å². The Morgan fingerprint density at radius 1 is 1.10 bits per heavy atom. The van der Waals surface area contributed by atoms with Crippen LogP contribution in [0.5, 0.6) is 0 Å². The first kappa shape index (κ1) is 13.4. The van der Waals surface area contributed by atoms with Gasteiger partial charge in [0.25, 0.3) is 0 Å². The number of benzene rings is 1. The average molecular weight is 322 g/mol. The zero-order valence-corrected chi connectivity index (χ0v) is 12.5. The van der Waals surface area contributed by atoms with Crippen LogP contribution in [0.15, 0.2) is 48.1 Å². The molecule has 0 amide bonds. The smallest absolute Gasteiger partial charge is 0.187 e. The number of nitrogens with one attached hydrogen (secondary N) is 1. The Hall–Kier alpha value is -1.62. The second-order valence-electron chi connectivity index (χ2n) is 4.03. The first-order chi connectivity index (χ1) is 9.72. The van der Waals surface area contributed by atoms with E-state index in [1.165, 1.54) is 11.3 Å². The van der Waals surface area contributed by atoms with Crippen molar-refractivity contribution < 1.29 is 0 Å². The normalized spacial score (nSPS) is 10.5. The van der Waals surface area contributed by atoms with Gasteiger partial charge in [-0.25, -0.2) is 4.98 Å². The Morgan fingerprint density at radius 2 is 2.00 bits per heavy atom. The van der Waals surface area contributed by atoms with E-state index >= 15 is 0 Å². The Morgan fingerprint density at radius 3 is 2.75 bits per heavy atom. The third kappa shape index (κ3) is 2.93. The van der Waals surface area contributed by atoms with E-state index in [4.69, 9.17) is 23.2 Å². The number of thiazole rings is 1. The van der Waals surface area contributed by atoms with Crippen molar-refractivity contribution >= 4 is 45.4 Å². The molecule has 0 fully saturated rings. The van der Waals surface area contributed by atoms with Crippen LogP contribution in [0, 0.1) is 0 Å². The number of hydrogen-bond acceptors (Lipinski definition) is 4. The van der Waals surface area contributed by atoms with E-state index in [0.717, 1.165) is 22.1 Å². The number of halogens is 2. The third-order valence-corrected chi connectivity index (χ3v) is 4.13. The fourth-order valence-electron chi connectivity index (χ4n) is 1.68. The second kappa shape index (κ2) is 5.79. The van der Waals surface area contributed by atoms with Crippen molar-refractivity contribution in [3.05, 3.63) is 58.2 Å². The minimum absolute atomic E-state index is 0.527. The zero-order chi connectivity index (χ0) is 13.9. The van der Waals surface area contributed by atoms with Gasteiger partial charge in [-0.15, -0.1) is 11.3 Å². The van der Waals surface area contributed by atoms with Crippen molar-refractivity contribution in [3.63, 3.8) is 0 Å². The summed E-state index contributed by atoms with van der Waals surface area (Å²) in [7, 11) is 0. The molecule has 2 aromatic heterocycles. The molecule has 1 aromatic carbocycles. The molecular weight excluding hydrogens is 313 g/mol. The molecule has 3 rings (SSSR count). The monoisotopic (exact) mass is 321 g/mol. The Kier molecular flexibility index (Phi) is 3.87. The fourth-order valence-corrected chi connectivity index (χ4v) is 2.72.